The van der Waals surface area contributed by atoms with Crippen molar-refractivity contribution in [1.29, 1.82) is 0 Å². The van der Waals surface area contributed by atoms with Gasteiger partial charge in [-0.2, -0.15) is 0 Å². The van der Waals surface area contributed by atoms with Crippen molar-refractivity contribution in [1.82, 2.24) is 9.80 Å². The maximum Gasteiger partial charge on any atom is 0.254 e. The van der Waals surface area contributed by atoms with Gasteiger partial charge in [-0.3, -0.25) is 4.79 Å². The Kier molecular flexibility index (Phi) is 6.35. The van der Waals surface area contributed by atoms with Crippen molar-refractivity contribution in [2.45, 2.75) is 37.8 Å². The average Bonchev–Trinajstić information content (AvgIpc) is 2.60. The quantitative estimate of drug-likeness (QED) is 0.837. The van der Waals surface area contributed by atoms with Gasteiger partial charge in [0.25, 0.3) is 5.91 Å². The number of hydrogen-bond donors (Lipinski definition) is 0. The molecule has 3 rings (SSSR count). The van der Waals surface area contributed by atoms with Gasteiger partial charge in [-0.05, 0) is 45.1 Å². The molecule has 0 N–H and O–H groups in total. The minimum atomic E-state index is 0. The number of hydrogen-bond acceptors (Lipinski definition) is 4. The van der Waals surface area contributed by atoms with E-state index in [4.69, 9.17) is 9.47 Å². The van der Waals surface area contributed by atoms with E-state index in [-0.39, 0.29) is 24.4 Å². The number of carbonyl (C=O) groups is 1. The van der Waals surface area contributed by atoms with Gasteiger partial charge in [0.2, 0.25) is 0 Å². The summed E-state index contributed by atoms with van der Waals surface area (Å²) in [6, 6.07) is 6.16. The molecule has 0 unspecified atom stereocenters. The molecule has 6 heteroatoms. The van der Waals surface area contributed by atoms with Crippen molar-refractivity contribution in [3.8, 4) is 11.5 Å². The number of benzene rings is 1. The summed E-state index contributed by atoms with van der Waals surface area (Å²) in [5, 5.41) is 0. The van der Waals surface area contributed by atoms with Crippen molar-refractivity contribution in [2.75, 3.05) is 34.4 Å². The fourth-order valence-corrected chi connectivity index (χ4v) is 3.68. The minimum Gasteiger partial charge on any atom is -0.486 e. The van der Waals surface area contributed by atoms with E-state index in [9.17, 15) is 4.79 Å². The lowest BCUT2D eigenvalue weighted by Gasteiger charge is -2.41. The maximum absolute atomic E-state index is 12.9. The molecule has 1 fully saturated rings. The number of fused-ring (bicyclic) bond motifs is 1. The van der Waals surface area contributed by atoms with Gasteiger partial charge in [0, 0.05) is 24.7 Å². The van der Waals surface area contributed by atoms with Crippen LogP contribution in [0.2, 0.25) is 0 Å². The van der Waals surface area contributed by atoms with Crippen LogP contribution in [0.25, 0.3) is 0 Å². The summed E-state index contributed by atoms with van der Waals surface area (Å²) in [6.07, 6.45) is 4.64. The van der Waals surface area contributed by atoms with Crippen molar-refractivity contribution in [3.63, 3.8) is 0 Å². The summed E-state index contributed by atoms with van der Waals surface area (Å²) in [5.74, 6) is 1.45. The third kappa shape index (κ3) is 3.78. The molecule has 1 aliphatic carbocycles. The molecule has 134 valence electrons. The average molecular weight is 355 g/mol. The van der Waals surface area contributed by atoms with Gasteiger partial charge in [0.1, 0.15) is 13.2 Å². The molecule has 0 saturated heterocycles. The Bertz CT molecular complexity index is 579. The zero-order valence-electron chi connectivity index (χ0n) is 14.7. The van der Waals surface area contributed by atoms with Crippen molar-refractivity contribution < 1.29 is 14.3 Å². The Morgan fingerprint density at radius 3 is 2.29 bits per heavy atom. The molecule has 1 aliphatic heterocycles. The highest BCUT2D eigenvalue weighted by Gasteiger charge is 2.32. The topological polar surface area (TPSA) is 42.0 Å². The van der Waals surface area contributed by atoms with E-state index in [1.807, 2.05) is 24.1 Å². The molecule has 1 aromatic rings. The fourth-order valence-electron chi connectivity index (χ4n) is 3.68. The van der Waals surface area contributed by atoms with E-state index in [0.29, 0.717) is 30.6 Å². The van der Waals surface area contributed by atoms with E-state index in [1.54, 1.807) is 6.07 Å². The van der Waals surface area contributed by atoms with Crippen LogP contribution in [0.5, 0.6) is 11.5 Å². The lowest BCUT2D eigenvalue weighted by atomic mass is 9.88. The first-order valence-electron chi connectivity index (χ1n) is 8.41. The number of nitrogens with zero attached hydrogens (tertiary/aromatic N) is 2. The Morgan fingerprint density at radius 1 is 1.00 bits per heavy atom. The molecule has 0 bridgehead atoms. The Morgan fingerprint density at radius 2 is 1.62 bits per heavy atom. The largest absolute Gasteiger partial charge is 0.486 e. The molecule has 0 aromatic heterocycles. The van der Waals surface area contributed by atoms with Gasteiger partial charge in [-0.1, -0.05) is 12.8 Å². The molecule has 0 radical (unpaired) electrons. The zero-order valence-corrected chi connectivity index (χ0v) is 15.5. The van der Waals surface area contributed by atoms with Crippen LogP contribution < -0.4 is 9.47 Å². The third-order valence-corrected chi connectivity index (χ3v) is 4.96. The Labute approximate surface area is 150 Å². The van der Waals surface area contributed by atoms with Crippen LogP contribution >= 0.6 is 12.4 Å². The van der Waals surface area contributed by atoms with Crippen LogP contribution in [0.4, 0.5) is 0 Å². The first-order chi connectivity index (χ1) is 11.1. The van der Waals surface area contributed by atoms with Gasteiger partial charge in [0.05, 0.1) is 0 Å². The molecule has 1 amide bonds. The summed E-state index contributed by atoms with van der Waals surface area (Å²) >= 11 is 0. The molecule has 24 heavy (non-hydrogen) atoms. The standard InChI is InChI=1S/C18H26N2O3.ClH/c1-19(2)14-6-4-5-7-15(14)20(3)18(21)13-8-9-16-17(12-13)23-11-10-22-16;/h8-9,12,14-15H,4-7,10-11H2,1-3H3;1H/t14-,15-;/m1./s1. The minimum absolute atomic E-state index is 0. The van der Waals surface area contributed by atoms with E-state index in [2.05, 4.69) is 19.0 Å². The lowest BCUT2D eigenvalue weighted by molar-refractivity contribution is 0.0543. The summed E-state index contributed by atoms with van der Waals surface area (Å²) < 4.78 is 11.1. The number of likely N-dealkylation sites (N-methyl/N-ethyl adjacent to an activating group) is 2. The number of halogens is 1. The summed E-state index contributed by atoms with van der Waals surface area (Å²) in [4.78, 5) is 17.1. The molecule has 1 aromatic carbocycles. The Hall–Kier alpha value is -1.46. The second-order valence-electron chi connectivity index (χ2n) is 6.66. The second kappa shape index (κ2) is 8.08. The van der Waals surface area contributed by atoms with Crippen LogP contribution in [0, 0.1) is 0 Å². The predicted molar refractivity (Wildman–Crippen MR) is 96.5 cm³/mol. The summed E-state index contributed by atoms with van der Waals surface area (Å²) in [6.45, 7) is 1.10. The molecule has 2 aliphatic rings. The highest BCUT2D eigenvalue weighted by Crippen LogP contribution is 2.32. The Balaban J connectivity index is 0.00000208. The van der Waals surface area contributed by atoms with Gasteiger partial charge in [-0.15, -0.1) is 12.4 Å². The van der Waals surface area contributed by atoms with Crippen molar-refractivity contribution in [3.05, 3.63) is 23.8 Å². The molecular weight excluding hydrogens is 328 g/mol. The predicted octanol–water partition coefficient (Wildman–Crippen LogP) is 2.82. The lowest BCUT2D eigenvalue weighted by Crippen LogP contribution is -2.51. The van der Waals surface area contributed by atoms with Crippen molar-refractivity contribution in [2.24, 2.45) is 0 Å². The highest BCUT2D eigenvalue weighted by atomic mass is 35.5. The normalized spacial score (nSPS) is 22.7. The van der Waals surface area contributed by atoms with E-state index >= 15 is 0 Å². The smallest absolute Gasteiger partial charge is 0.254 e. The molecular formula is C18H27ClN2O3. The fraction of sp³-hybridized carbons (Fsp3) is 0.611. The monoisotopic (exact) mass is 354 g/mol. The van der Waals surface area contributed by atoms with E-state index in [1.165, 1.54) is 12.8 Å². The third-order valence-electron chi connectivity index (χ3n) is 4.96. The van der Waals surface area contributed by atoms with Crippen LogP contribution in [-0.4, -0.2) is 62.1 Å². The molecule has 1 heterocycles. The van der Waals surface area contributed by atoms with E-state index < -0.39 is 0 Å². The molecule has 2 atom stereocenters. The number of amides is 1. The highest BCUT2D eigenvalue weighted by molar-refractivity contribution is 5.95. The van der Waals surface area contributed by atoms with Crippen LogP contribution in [-0.2, 0) is 0 Å². The van der Waals surface area contributed by atoms with E-state index in [0.717, 1.165) is 18.6 Å². The first kappa shape index (κ1) is 18.9. The maximum atomic E-state index is 12.9. The zero-order chi connectivity index (χ0) is 16.4. The molecule has 0 spiro atoms. The first-order valence-corrected chi connectivity index (χ1v) is 8.41. The summed E-state index contributed by atoms with van der Waals surface area (Å²) in [5.41, 5.74) is 0.667. The van der Waals surface area contributed by atoms with Gasteiger partial charge in [-0.25, -0.2) is 0 Å². The van der Waals surface area contributed by atoms with Gasteiger partial charge < -0.3 is 19.3 Å². The van der Waals surface area contributed by atoms with Crippen LogP contribution in [0.1, 0.15) is 36.0 Å². The van der Waals surface area contributed by atoms with Gasteiger partial charge >= 0.3 is 0 Å². The summed E-state index contributed by atoms with van der Waals surface area (Å²) in [7, 11) is 6.13. The number of rotatable bonds is 3. The number of ether oxygens (including phenoxy) is 2. The second-order valence-corrected chi connectivity index (χ2v) is 6.66. The molecule has 1 saturated carbocycles. The van der Waals surface area contributed by atoms with Crippen LogP contribution in [0.15, 0.2) is 18.2 Å². The van der Waals surface area contributed by atoms with Crippen LogP contribution in [0.3, 0.4) is 0 Å². The SMILES string of the molecule is CN(C)[C@@H]1CCCC[C@H]1N(C)C(=O)c1ccc2c(c1)OCCO2.Cl. The van der Waals surface area contributed by atoms with Gasteiger partial charge in [0.15, 0.2) is 11.5 Å². The molecule has 5 nitrogen and oxygen atoms in total. The van der Waals surface area contributed by atoms with Crippen molar-refractivity contribution >= 4 is 18.3 Å². The number of carbonyl (C=O) groups excluding carboxylic acids is 1.